The number of nitrogens with one attached hydrogen (secondary N) is 1. The van der Waals surface area contributed by atoms with Crippen LogP contribution in [0.5, 0.6) is 5.88 Å². The molecule has 1 aromatic heterocycles. The van der Waals surface area contributed by atoms with Gasteiger partial charge in [-0.15, -0.1) is 0 Å². The Hall–Kier alpha value is -1.25. The molecule has 1 heterocycles. The maximum Gasteiger partial charge on any atom is 0.215 e. The predicted molar refractivity (Wildman–Crippen MR) is 77.4 cm³/mol. The van der Waals surface area contributed by atoms with Gasteiger partial charge in [0.2, 0.25) is 5.88 Å². The van der Waals surface area contributed by atoms with Gasteiger partial charge in [-0.25, -0.2) is 0 Å². The van der Waals surface area contributed by atoms with Crippen LogP contribution in [0.1, 0.15) is 40.0 Å². The number of pyridine rings is 1. The molecule has 2 bridgehead atoms. The van der Waals surface area contributed by atoms with Crippen molar-refractivity contribution in [1.82, 2.24) is 4.98 Å². The molecule has 2 fully saturated rings. The van der Waals surface area contributed by atoms with Crippen molar-refractivity contribution >= 4 is 5.82 Å². The second-order valence-corrected chi connectivity index (χ2v) is 6.83. The topological polar surface area (TPSA) is 34.1 Å². The number of nitrogens with zero attached hydrogens (tertiary/aromatic N) is 1. The first-order valence-electron chi connectivity index (χ1n) is 7.29. The second kappa shape index (κ2) is 4.12. The van der Waals surface area contributed by atoms with Crippen molar-refractivity contribution in [2.45, 2.75) is 46.1 Å². The van der Waals surface area contributed by atoms with Crippen LogP contribution in [0.25, 0.3) is 0 Å². The van der Waals surface area contributed by atoms with E-state index in [1.54, 1.807) is 0 Å². The fraction of sp³-hybridized carbons (Fsp3) is 0.688. The smallest absolute Gasteiger partial charge is 0.215 e. The first-order chi connectivity index (χ1) is 8.97. The molecule has 2 aliphatic carbocycles. The molecule has 3 heteroatoms. The van der Waals surface area contributed by atoms with Gasteiger partial charge in [0.1, 0.15) is 11.9 Å². The minimum Gasteiger partial charge on any atom is -0.474 e. The minimum atomic E-state index is 0.287. The molecule has 2 aliphatic rings. The summed E-state index contributed by atoms with van der Waals surface area (Å²) >= 11 is 0. The summed E-state index contributed by atoms with van der Waals surface area (Å²) in [4.78, 5) is 4.48. The molecule has 0 saturated heterocycles. The summed E-state index contributed by atoms with van der Waals surface area (Å²) in [6.45, 7) is 7.21. The molecule has 3 nitrogen and oxygen atoms in total. The van der Waals surface area contributed by atoms with Gasteiger partial charge in [0, 0.05) is 18.5 Å². The van der Waals surface area contributed by atoms with Crippen LogP contribution in [0.4, 0.5) is 5.82 Å². The van der Waals surface area contributed by atoms with Gasteiger partial charge in [-0.05, 0) is 36.7 Å². The standard InChI is InChI=1S/C16H24N2O/c1-15(2)11-8-9-16(15,3)12(10-11)19-14-7-5-6-13(17-4)18-14/h5-7,11-12H,8-10H2,1-4H3,(H,17,18). The summed E-state index contributed by atoms with van der Waals surface area (Å²) in [6, 6.07) is 5.91. The van der Waals surface area contributed by atoms with Crippen LogP contribution in [0.2, 0.25) is 0 Å². The van der Waals surface area contributed by atoms with E-state index in [1.807, 2.05) is 25.2 Å². The molecule has 3 unspecified atom stereocenters. The molecule has 3 rings (SSSR count). The number of rotatable bonds is 3. The van der Waals surface area contributed by atoms with E-state index >= 15 is 0 Å². The SMILES string of the molecule is CNc1cccc(OC2CC3CCC2(C)C3(C)C)n1. The largest absolute Gasteiger partial charge is 0.474 e. The molecule has 0 spiro atoms. The molecule has 0 amide bonds. The molecule has 0 aromatic carbocycles. The zero-order valence-electron chi connectivity index (χ0n) is 12.4. The Kier molecular flexibility index (Phi) is 2.77. The summed E-state index contributed by atoms with van der Waals surface area (Å²) in [5, 5.41) is 3.06. The summed E-state index contributed by atoms with van der Waals surface area (Å²) in [5.41, 5.74) is 0.674. The van der Waals surface area contributed by atoms with Crippen LogP contribution in [0, 0.1) is 16.7 Å². The third-order valence-corrected chi connectivity index (χ3v) is 5.96. The lowest BCUT2D eigenvalue weighted by atomic mass is 9.70. The molecule has 104 valence electrons. The van der Waals surface area contributed by atoms with Crippen LogP contribution in [0.15, 0.2) is 18.2 Å². The van der Waals surface area contributed by atoms with Gasteiger partial charge < -0.3 is 10.1 Å². The molecular weight excluding hydrogens is 236 g/mol. The summed E-state index contributed by atoms with van der Waals surface area (Å²) < 4.78 is 6.24. The molecule has 19 heavy (non-hydrogen) atoms. The van der Waals surface area contributed by atoms with Crippen molar-refractivity contribution in [3.05, 3.63) is 18.2 Å². The predicted octanol–water partition coefficient (Wildman–Crippen LogP) is 3.72. The monoisotopic (exact) mass is 260 g/mol. The summed E-state index contributed by atoms with van der Waals surface area (Å²) in [6.07, 6.45) is 4.12. The lowest BCUT2D eigenvalue weighted by Crippen LogP contribution is -2.39. The van der Waals surface area contributed by atoms with Gasteiger partial charge in [-0.2, -0.15) is 4.98 Å². The highest BCUT2D eigenvalue weighted by molar-refractivity contribution is 5.36. The Balaban J connectivity index is 1.82. The first-order valence-corrected chi connectivity index (χ1v) is 7.29. The Morgan fingerprint density at radius 2 is 2.11 bits per heavy atom. The number of hydrogen-bond acceptors (Lipinski definition) is 3. The average Bonchev–Trinajstić information content (AvgIpc) is 2.72. The van der Waals surface area contributed by atoms with E-state index in [0.29, 0.717) is 11.5 Å². The third-order valence-electron chi connectivity index (χ3n) is 5.96. The van der Waals surface area contributed by atoms with Crippen molar-refractivity contribution < 1.29 is 4.74 Å². The Morgan fingerprint density at radius 1 is 1.32 bits per heavy atom. The molecule has 2 saturated carbocycles. The Labute approximate surface area is 115 Å². The normalized spacial score (nSPS) is 35.4. The molecule has 0 radical (unpaired) electrons. The van der Waals surface area contributed by atoms with E-state index in [1.165, 1.54) is 19.3 Å². The van der Waals surface area contributed by atoms with Gasteiger partial charge in [0.15, 0.2) is 0 Å². The highest BCUT2D eigenvalue weighted by Gasteiger charge is 2.62. The zero-order valence-corrected chi connectivity index (χ0v) is 12.4. The molecule has 3 atom stereocenters. The number of ether oxygens (including phenoxy) is 1. The van der Waals surface area contributed by atoms with Gasteiger partial charge in [-0.1, -0.05) is 26.8 Å². The van der Waals surface area contributed by atoms with Crippen molar-refractivity contribution in [2.75, 3.05) is 12.4 Å². The average molecular weight is 260 g/mol. The molecule has 0 aliphatic heterocycles. The van der Waals surface area contributed by atoms with E-state index in [-0.39, 0.29) is 5.41 Å². The molecule has 1 aromatic rings. The number of anilines is 1. The van der Waals surface area contributed by atoms with E-state index in [4.69, 9.17) is 4.74 Å². The van der Waals surface area contributed by atoms with E-state index in [9.17, 15) is 0 Å². The first kappa shape index (κ1) is 12.8. The fourth-order valence-corrected chi connectivity index (χ4v) is 4.07. The van der Waals surface area contributed by atoms with Crippen LogP contribution < -0.4 is 10.1 Å². The lowest BCUT2D eigenvalue weighted by Gasteiger charge is -2.38. The fourth-order valence-electron chi connectivity index (χ4n) is 4.07. The van der Waals surface area contributed by atoms with E-state index in [2.05, 4.69) is 31.1 Å². The van der Waals surface area contributed by atoms with Gasteiger partial charge in [-0.3, -0.25) is 0 Å². The maximum atomic E-state index is 6.24. The number of fused-ring (bicyclic) bond motifs is 2. The van der Waals surface area contributed by atoms with Crippen LogP contribution >= 0.6 is 0 Å². The Bertz CT molecular complexity index is 485. The van der Waals surface area contributed by atoms with Crippen molar-refractivity contribution in [3.8, 4) is 5.88 Å². The number of hydrogen-bond donors (Lipinski definition) is 1. The number of aromatic nitrogens is 1. The van der Waals surface area contributed by atoms with Gasteiger partial charge in [0.25, 0.3) is 0 Å². The van der Waals surface area contributed by atoms with Crippen molar-refractivity contribution in [2.24, 2.45) is 16.7 Å². The second-order valence-electron chi connectivity index (χ2n) is 6.83. The molecule has 1 N–H and O–H groups in total. The van der Waals surface area contributed by atoms with E-state index < -0.39 is 0 Å². The summed E-state index contributed by atoms with van der Waals surface area (Å²) in [5.74, 6) is 2.42. The van der Waals surface area contributed by atoms with E-state index in [0.717, 1.165) is 17.6 Å². The minimum absolute atomic E-state index is 0.287. The molecular formula is C16H24N2O. The third kappa shape index (κ3) is 1.74. The van der Waals surface area contributed by atoms with Crippen molar-refractivity contribution in [1.29, 1.82) is 0 Å². The highest BCUT2D eigenvalue weighted by atomic mass is 16.5. The lowest BCUT2D eigenvalue weighted by molar-refractivity contribution is 0.0274. The quantitative estimate of drug-likeness (QED) is 0.899. The van der Waals surface area contributed by atoms with Gasteiger partial charge in [0.05, 0.1) is 0 Å². The van der Waals surface area contributed by atoms with Gasteiger partial charge >= 0.3 is 0 Å². The van der Waals surface area contributed by atoms with Crippen LogP contribution in [0.3, 0.4) is 0 Å². The highest BCUT2D eigenvalue weighted by Crippen LogP contribution is 2.66. The zero-order chi connectivity index (χ0) is 13.7. The van der Waals surface area contributed by atoms with Crippen LogP contribution in [-0.2, 0) is 0 Å². The van der Waals surface area contributed by atoms with Crippen molar-refractivity contribution in [3.63, 3.8) is 0 Å². The maximum absolute atomic E-state index is 6.24. The van der Waals surface area contributed by atoms with Crippen LogP contribution in [-0.4, -0.2) is 18.1 Å². The Morgan fingerprint density at radius 3 is 2.68 bits per heavy atom. The summed E-state index contributed by atoms with van der Waals surface area (Å²) in [7, 11) is 1.88.